The smallest absolute Gasteiger partial charge is 0.0529 e. The van der Waals surface area contributed by atoms with Crippen LogP contribution in [0, 0.1) is 0 Å². The molecule has 1 N–H and O–H groups in total. The van der Waals surface area contributed by atoms with Gasteiger partial charge < -0.3 is 5.32 Å². The zero-order valence-corrected chi connectivity index (χ0v) is 10.9. The number of rotatable bonds is 2. The molecule has 0 bridgehead atoms. The van der Waals surface area contributed by atoms with E-state index in [1.54, 1.807) is 6.20 Å². The van der Waals surface area contributed by atoms with Gasteiger partial charge in [0.1, 0.15) is 0 Å². The summed E-state index contributed by atoms with van der Waals surface area (Å²) in [6.45, 7) is 4.62. The van der Waals surface area contributed by atoms with Gasteiger partial charge in [-0.25, -0.2) is 0 Å². The lowest BCUT2D eigenvalue weighted by Gasteiger charge is -2.29. The van der Waals surface area contributed by atoms with Gasteiger partial charge in [0.05, 0.1) is 5.69 Å². The SMILES string of the molecule is CC1(C)c2ccccc2C[C@@H]1Nc1cccnc1. The molecule has 2 heteroatoms. The summed E-state index contributed by atoms with van der Waals surface area (Å²) >= 11 is 0. The highest BCUT2D eigenvalue weighted by atomic mass is 15.0. The summed E-state index contributed by atoms with van der Waals surface area (Å²) in [5.41, 5.74) is 4.19. The third-order valence-electron chi connectivity index (χ3n) is 4.01. The van der Waals surface area contributed by atoms with Crippen molar-refractivity contribution in [1.82, 2.24) is 4.98 Å². The lowest BCUT2D eigenvalue weighted by molar-refractivity contribution is 0.470. The van der Waals surface area contributed by atoms with Gasteiger partial charge in [-0.3, -0.25) is 4.98 Å². The number of hydrogen-bond acceptors (Lipinski definition) is 2. The van der Waals surface area contributed by atoms with Crippen LogP contribution in [0.1, 0.15) is 25.0 Å². The third-order valence-corrected chi connectivity index (χ3v) is 4.01. The maximum Gasteiger partial charge on any atom is 0.0529 e. The van der Waals surface area contributed by atoms with Crippen molar-refractivity contribution >= 4 is 5.69 Å². The van der Waals surface area contributed by atoms with Crippen LogP contribution in [-0.2, 0) is 11.8 Å². The number of anilines is 1. The van der Waals surface area contributed by atoms with Crippen LogP contribution in [0.15, 0.2) is 48.8 Å². The fraction of sp³-hybridized carbons (Fsp3) is 0.312. The second-order valence-electron chi connectivity index (χ2n) is 5.52. The fourth-order valence-electron chi connectivity index (χ4n) is 2.87. The van der Waals surface area contributed by atoms with Gasteiger partial charge in [0.15, 0.2) is 0 Å². The number of nitrogens with zero attached hydrogens (tertiary/aromatic N) is 1. The first-order valence-electron chi connectivity index (χ1n) is 6.43. The molecule has 0 unspecified atom stereocenters. The Balaban J connectivity index is 1.89. The summed E-state index contributed by atoms with van der Waals surface area (Å²) in [5, 5.41) is 3.62. The average molecular weight is 238 g/mol. The number of pyridine rings is 1. The summed E-state index contributed by atoms with van der Waals surface area (Å²) in [6, 6.07) is 13.2. The first kappa shape index (κ1) is 11.3. The third kappa shape index (κ3) is 1.78. The first-order chi connectivity index (χ1) is 8.68. The van der Waals surface area contributed by atoms with E-state index >= 15 is 0 Å². The molecular weight excluding hydrogens is 220 g/mol. The summed E-state index contributed by atoms with van der Waals surface area (Å²) in [4.78, 5) is 4.16. The minimum Gasteiger partial charge on any atom is -0.380 e. The predicted octanol–water partition coefficient (Wildman–Crippen LogP) is 3.40. The van der Waals surface area contributed by atoms with Gasteiger partial charge in [0.2, 0.25) is 0 Å². The van der Waals surface area contributed by atoms with Gasteiger partial charge in [0.25, 0.3) is 0 Å². The topological polar surface area (TPSA) is 24.9 Å². The van der Waals surface area contributed by atoms with Crippen LogP contribution in [0.3, 0.4) is 0 Å². The Morgan fingerprint density at radius 3 is 2.72 bits per heavy atom. The van der Waals surface area contributed by atoms with Crippen LogP contribution in [-0.4, -0.2) is 11.0 Å². The zero-order chi connectivity index (χ0) is 12.6. The van der Waals surface area contributed by atoms with Crippen LogP contribution >= 0.6 is 0 Å². The van der Waals surface area contributed by atoms with E-state index in [4.69, 9.17) is 0 Å². The van der Waals surface area contributed by atoms with Crippen molar-refractivity contribution in [2.24, 2.45) is 0 Å². The van der Waals surface area contributed by atoms with E-state index in [0.29, 0.717) is 6.04 Å². The Hall–Kier alpha value is -1.83. The van der Waals surface area contributed by atoms with E-state index < -0.39 is 0 Å². The molecular formula is C16H18N2. The number of benzene rings is 1. The van der Waals surface area contributed by atoms with Crippen molar-refractivity contribution in [1.29, 1.82) is 0 Å². The first-order valence-corrected chi connectivity index (χ1v) is 6.43. The summed E-state index contributed by atoms with van der Waals surface area (Å²) in [6.07, 6.45) is 4.77. The van der Waals surface area contributed by atoms with Crippen molar-refractivity contribution < 1.29 is 0 Å². The molecule has 0 amide bonds. The lowest BCUT2D eigenvalue weighted by Crippen LogP contribution is -2.36. The van der Waals surface area contributed by atoms with E-state index in [9.17, 15) is 0 Å². The second-order valence-corrected chi connectivity index (χ2v) is 5.52. The number of nitrogens with one attached hydrogen (secondary N) is 1. The number of aromatic nitrogens is 1. The molecule has 1 aromatic heterocycles. The van der Waals surface area contributed by atoms with Gasteiger partial charge in [-0.15, -0.1) is 0 Å². The molecule has 1 aliphatic carbocycles. The lowest BCUT2D eigenvalue weighted by atomic mass is 9.83. The molecule has 2 nitrogen and oxygen atoms in total. The van der Waals surface area contributed by atoms with Gasteiger partial charge >= 0.3 is 0 Å². The molecule has 1 aliphatic rings. The molecule has 0 saturated heterocycles. The number of fused-ring (bicyclic) bond motifs is 1. The predicted molar refractivity (Wildman–Crippen MR) is 74.8 cm³/mol. The van der Waals surface area contributed by atoms with E-state index in [1.165, 1.54) is 11.1 Å². The van der Waals surface area contributed by atoms with Crippen molar-refractivity contribution in [3.63, 3.8) is 0 Å². The second kappa shape index (κ2) is 4.13. The largest absolute Gasteiger partial charge is 0.380 e. The molecule has 0 fully saturated rings. The monoisotopic (exact) mass is 238 g/mol. The zero-order valence-electron chi connectivity index (χ0n) is 10.9. The molecule has 18 heavy (non-hydrogen) atoms. The van der Waals surface area contributed by atoms with E-state index in [0.717, 1.165) is 12.1 Å². The average Bonchev–Trinajstić information content (AvgIpc) is 2.63. The highest BCUT2D eigenvalue weighted by molar-refractivity contribution is 5.48. The quantitative estimate of drug-likeness (QED) is 0.867. The van der Waals surface area contributed by atoms with Crippen LogP contribution in [0.2, 0.25) is 0 Å². The van der Waals surface area contributed by atoms with Crippen LogP contribution in [0.25, 0.3) is 0 Å². The van der Waals surface area contributed by atoms with Crippen LogP contribution in [0.4, 0.5) is 5.69 Å². The van der Waals surface area contributed by atoms with Crippen molar-refractivity contribution in [3.05, 3.63) is 59.9 Å². The summed E-state index contributed by atoms with van der Waals surface area (Å²) in [5.74, 6) is 0. The molecule has 1 atom stereocenters. The minimum atomic E-state index is 0.159. The maximum atomic E-state index is 4.16. The normalized spacial score (nSPS) is 20.4. The Labute approximate surface area is 108 Å². The van der Waals surface area contributed by atoms with Gasteiger partial charge in [0, 0.05) is 23.9 Å². The highest BCUT2D eigenvalue weighted by Crippen LogP contribution is 2.39. The summed E-state index contributed by atoms with van der Waals surface area (Å²) < 4.78 is 0. The van der Waals surface area contributed by atoms with Gasteiger partial charge in [-0.2, -0.15) is 0 Å². The van der Waals surface area contributed by atoms with Crippen LogP contribution < -0.4 is 5.32 Å². The van der Waals surface area contributed by atoms with E-state index in [-0.39, 0.29) is 5.41 Å². The maximum absolute atomic E-state index is 4.16. The standard InChI is InChI=1S/C16H18N2/c1-16(2)14-8-4-3-6-12(14)10-15(16)18-13-7-5-9-17-11-13/h3-9,11,15,18H,10H2,1-2H3/t15-/m0/s1. The van der Waals surface area contributed by atoms with Gasteiger partial charge in [-0.1, -0.05) is 38.1 Å². The Bertz CT molecular complexity index is 546. The van der Waals surface area contributed by atoms with Crippen molar-refractivity contribution in [2.75, 3.05) is 5.32 Å². The molecule has 0 aliphatic heterocycles. The van der Waals surface area contributed by atoms with Gasteiger partial charge in [-0.05, 0) is 29.7 Å². The molecule has 0 spiro atoms. The molecule has 0 radical (unpaired) electrons. The number of hydrogen-bond donors (Lipinski definition) is 1. The molecule has 3 rings (SSSR count). The van der Waals surface area contributed by atoms with E-state index in [1.807, 2.05) is 12.3 Å². The Morgan fingerprint density at radius 2 is 2.00 bits per heavy atom. The van der Waals surface area contributed by atoms with Crippen LogP contribution in [0.5, 0.6) is 0 Å². The molecule has 1 aromatic carbocycles. The van der Waals surface area contributed by atoms with E-state index in [2.05, 4.69) is 54.5 Å². The van der Waals surface area contributed by atoms with Crippen molar-refractivity contribution in [2.45, 2.75) is 31.7 Å². The Kier molecular flexibility index (Phi) is 2.58. The highest BCUT2D eigenvalue weighted by Gasteiger charge is 2.38. The Morgan fingerprint density at radius 1 is 1.17 bits per heavy atom. The van der Waals surface area contributed by atoms with Crippen molar-refractivity contribution in [3.8, 4) is 0 Å². The molecule has 0 saturated carbocycles. The molecule has 92 valence electrons. The molecule has 2 aromatic rings. The minimum absolute atomic E-state index is 0.159. The fourth-order valence-corrected chi connectivity index (χ4v) is 2.87. The molecule has 1 heterocycles. The summed E-state index contributed by atoms with van der Waals surface area (Å²) in [7, 11) is 0.